The Hall–Kier alpha value is -2.69. The molecular formula is C16H12FNO3. The zero-order valence-corrected chi connectivity index (χ0v) is 11.0. The zero-order valence-electron chi connectivity index (χ0n) is 11.0. The highest BCUT2D eigenvalue weighted by Gasteiger charge is 2.25. The standard InChI is InChI=1S/C16H12FNO3/c17-14-3-1-2-10(7-14)15(19)18-8-12-5-4-11(16(20)21)6-13(12)9-18/h1-7H,8-9H2,(H,20,21). The van der Waals surface area contributed by atoms with E-state index >= 15 is 0 Å². The molecule has 0 atom stereocenters. The summed E-state index contributed by atoms with van der Waals surface area (Å²) in [6, 6.07) is 10.4. The summed E-state index contributed by atoms with van der Waals surface area (Å²) in [4.78, 5) is 24.9. The summed E-state index contributed by atoms with van der Waals surface area (Å²) in [5, 5.41) is 8.98. The lowest BCUT2D eigenvalue weighted by Gasteiger charge is -2.15. The van der Waals surface area contributed by atoms with Crippen molar-refractivity contribution < 1.29 is 19.1 Å². The van der Waals surface area contributed by atoms with Crippen LogP contribution in [0, 0.1) is 5.82 Å². The van der Waals surface area contributed by atoms with Crippen LogP contribution in [0.2, 0.25) is 0 Å². The van der Waals surface area contributed by atoms with Crippen molar-refractivity contribution in [3.63, 3.8) is 0 Å². The Morgan fingerprint density at radius 2 is 1.76 bits per heavy atom. The maximum Gasteiger partial charge on any atom is 0.335 e. The third kappa shape index (κ3) is 2.50. The lowest BCUT2D eigenvalue weighted by Crippen LogP contribution is -2.25. The number of nitrogens with zero attached hydrogens (tertiary/aromatic N) is 1. The summed E-state index contributed by atoms with van der Waals surface area (Å²) in [6.07, 6.45) is 0. The van der Waals surface area contributed by atoms with Crippen molar-refractivity contribution in [2.24, 2.45) is 0 Å². The van der Waals surface area contributed by atoms with Crippen LogP contribution in [0.1, 0.15) is 31.8 Å². The number of fused-ring (bicyclic) bond motifs is 1. The van der Waals surface area contributed by atoms with Gasteiger partial charge >= 0.3 is 5.97 Å². The third-order valence-electron chi connectivity index (χ3n) is 3.53. The molecule has 3 rings (SSSR count). The normalized spacial score (nSPS) is 13.1. The first-order chi connectivity index (χ1) is 10.0. The molecule has 1 heterocycles. The molecule has 1 N–H and O–H groups in total. The number of carbonyl (C=O) groups is 2. The quantitative estimate of drug-likeness (QED) is 0.923. The number of carboxylic acids is 1. The number of halogens is 1. The summed E-state index contributed by atoms with van der Waals surface area (Å²) >= 11 is 0. The van der Waals surface area contributed by atoms with Crippen molar-refractivity contribution in [1.82, 2.24) is 4.90 Å². The molecule has 2 aromatic carbocycles. The average molecular weight is 285 g/mol. The van der Waals surface area contributed by atoms with Crippen LogP contribution in [0.3, 0.4) is 0 Å². The van der Waals surface area contributed by atoms with Crippen LogP contribution in [0.25, 0.3) is 0 Å². The SMILES string of the molecule is O=C(O)c1ccc2c(c1)CN(C(=O)c1cccc(F)c1)C2. The minimum atomic E-state index is -0.993. The lowest BCUT2D eigenvalue weighted by molar-refractivity contribution is 0.0696. The minimum absolute atomic E-state index is 0.203. The number of rotatable bonds is 2. The van der Waals surface area contributed by atoms with Crippen molar-refractivity contribution in [2.75, 3.05) is 0 Å². The van der Waals surface area contributed by atoms with E-state index in [1.165, 1.54) is 24.3 Å². The van der Waals surface area contributed by atoms with E-state index in [9.17, 15) is 14.0 Å². The Morgan fingerprint density at radius 3 is 2.48 bits per heavy atom. The number of amides is 1. The molecule has 5 heteroatoms. The molecule has 0 radical (unpaired) electrons. The molecule has 2 aromatic rings. The summed E-state index contributed by atoms with van der Waals surface area (Å²) in [6.45, 7) is 0.746. The number of hydrogen-bond acceptors (Lipinski definition) is 2. The monoisotopic (exact) mass is 285 g/mol. The van der Waals surface area contributed by atoms with Crippen molar-refractivity contribution in [3.05, 3.63) is 70.5 Å². The first-order valence-corrected chi connectivity index (χ1v) is 6.44. The first-order valence-electron chi connectivity index (χ1n) is 6.44. The van der Waals surface area contributed by atoms with Crippen molar-refractivity contribution in [2.45, 2.75) is 13.1 Å². The van der Waals surface area contributed by atoms with E-state index < -0.39 is 11.8 Å². The molecule has 0 aromatic heterocycles. The van der Waals surface area contributed by atoms with E-state index in [1.807, 2.05) is 0 Å². The van der Waals surface area contributed by atoms with Crippen LogP contribution >= 0.6 is 0 Å². The lowest BCUT2D eigenvalue weighted by atomic mass is 10.1. The Kier molecular flexibility index (Phi) is 3.17. The second-order valence-corrected chi connectivity index (χ2v) is 4.96. The number of carbonyl (C=O) groups excluding carboxylic acids is 1. The van der Waals surface area contributed by atoms with Gasteiger partial charge in [0.15, 0.2) is 0 Å². The molecule has 21 heavy (non-hydrogen) atoms. The average Bonchev–Trinajstić information content (AvgIpc) is 2.89. The summed E-state index contributed by atoms with van der Waals surface area (Å²) in [5.41, 5.74) is 2.24. The maximum atomic E-state index is 13.2. The van der Waals surface area contributed by atoms with Gasteiger partial charge in [0, 0.05) is 18.7 Å². The van der Waals surface area contributed by atoms with Gasteiger partial charge in [-0.1, -0.05) is 12.1 Å². The van der Waals surface area contributed by atoms with Gasteiger partial charge in [0.25, 0.3) is 5.91 Å². The maximum absolute atomic E-state index is 13.2. The Balaban J connectivity index is 1.84. The van der Waals surface area contributed by atoms with E-state index in [0.717, 1.165) is 11.1 Å². The van der Waals surface area contributed by atoms with Crippen molar-refractivity contribution in [1.29, 1.82) is 0 Å². The van der Waals surface area contributed by atoms with Gasteiger partial charge in [0.1, 0.15) is 5.82 Å². The van der Waals surface area contributed by atoms with Crippen LogP contribution in [-0.2, 0) is 13.1 Å². The van der Waals surface area contributed by atoms with E-state index in [4.69, 9.17) is 5.11 Å². The zero-order chi connectivity index (χ0) is 15.0. The Labute approximate surface area is 120 Å². The molecule has 0 unspecified atom stereocenters. The molecule has 0 spiro atoms. The molecule has 0 saturated carbocycles. The molecule has 0 bridgehead atoms. The van der Waals surface area contributed by atoms with Gasteiger partial charge in [-0.2, -0.15) is 0 Å². The Bertz CT molecular complexity index is 742. The molecule has 0 saturated heterocycles. The van der Waals surface area contributed by atoms with Crippen LogP contribution < -0.4 is 0 Å². The van der Waals surface area contributed by atoms with E-state index in [1.54, 1.807) is 23.1 Å². The van der Waals surface area contributed by atoms with Crippen LogP contribution in [0.15, 0.2) is 42.5 Å². The van der Waals surface area contributed by atoms with Gasteiger partial charge in [-0.05, 0) is 41.5 Å². The third-order valence-corrected chi connectivity index (χ3v) is 3.53. The minimum Gasteiger partial charge on any atom is -0.478 e. The number of benzene rings is 2. The predicted molar refractivity (Wildman–Crippen MR) is 73.4 cm³/mol. The smallest absolute Gasteiger partial charge is 0.335 e. The second kappa shape index (κ2) is 5.01. The van der Waals surface area contributed by atoms with Gasteiger partial charge in [-0.25, -0.2) is 9.18 Å². The summed E-state index contributed by atoms with van der Waals surface area (Å²) in [7, 11) is 0. The highest BCUT2D eigenvalue weighted by Crippen LogP contribution is 2.25. The number of hydrogen-bond donors (Lipinski definition) is 1. The number of carboxylic acid groups (broad SMARTS) is 1. The molecule has 4 nitrogen and oxygen atoms in total. The fourth-order valence-corrected chi connectivity index (χ4v) is 2.48. The van der Waals surface area contributed by atoms with Gasteiger partial charge < -0.3 is 10.0 Å². The number of aromatic carboxylic acids is 1. The summed E-state index contributed by atoms with van der Waals surface area (Å²) in [5.74, 6) is -1.71. The van der Waals surface area contributed by atoms with Crippen LogP contribution in [0.5, 0.6) is 0 Å². The van der Waals surface area contributed by atoms with Gasteiger partial charge in [0.05, 0.1) is 5.56 Å². The first kappa shape index (κ1) is 13.3. The molecule has 106 valence electrons. The van der Waals surface area contributed by atoms with Crippen molar-refractivity contribution >= 4 is 11.9 Å². The van der Waals surface area contributed by atoms with Crippen LogP contribution in [0.4, 0.5) is 4.39 Å². The largest absolute Gasteiger partial charge is 0.478 e. The highest BCUT2D eigenvalue weighted by atomic mass is 19.1. The van der Waals surface area contributed by atoms with Gasteiger partial charge in [-0.15, -0.1) is 0 Å². The predicted octanol–water partition coefficient (Wildman–Crippen LogP) is 2.68. The molecule has 0 fully saturated rings. The fraction of sp³-hybridized carbons (Fsp3) is 0.125. The van der Waals surface area contributed by atoms with E-state index in [2.05, 4.69) is 0 Å². The van der Waals surface area contributed by atoms with Gasteiger partial charge in [0.2, 0.25) is 0 Å². The second-order valence-electron chi connectivity index (χ2n) is 4.96. The van der Waals surface area contributed by atoms with E-state index in [-0.39, 0.29) is 11.5 Å². The Morgan fingerprint density at radius 1 is 1.00 bits per heavy atom. The fourth-order valence-electron chi connectivity index (χ4n) is 2.48. The molecule has 0 aliphatic carbocycles. The molecule has 1 amide bonds. The van der Waals surface area contributed by atoms with Crippen molar-refractivity contribution in [3.8, 4) is 0 Å². The summed E-state index contributed by atoms with van der Waals surface area (Å²) < 4.78 is 13.2. The van der Waals surface area contributed by atoms with Gasteiger partial charge in [-0.3, -0.25) is 4.79 Å². The highest BCUT2D eigenvalue weighted by molar-refractivity contribution is 5.94. The topological polar surface area (TPSA) is 57.6 Å². The molecule has 1 aliphatic heterocycles. The van der Waals surface area contributed by atoms with Crippen LogP contribution in [-0.4, -0.2) is 21.9 Å². The molecular weight excluding hydrogens is 273 g/mol. The molecule has 1 aliphatic rings. The van der Waals surface area contributed by atoms with E-state index in [0.29, 0.717) is 18.7 Å².